The molecule has 0 fully saturated rings. The Balaban J connectivity index is 1.71. The quantitative estimate of drug-likeness (QED) is 0.639. The van der Waals surface area contributed by atoms with Crippen LogP contribution < -0.4 is 10.2 Å². The number of anilines is 3. The summed E-state index contributed by atoms with van der Waals surface area (Å²) in [6.45, 7) is 0.730. The van der Waals surface area contributed by atoms with Crippen molar-refractivity contribution in [3.8, 4) is 0 Å². The fourth-order valence-electron chi connectivity index (χ4n) is 2.48. The summed E-state index contributed by atoms with van der Waals surface area (Å²) in [4.78, 5) is 22.3. The van der Waals surface area contributed by atoms with Crippen molar-refractivity contribution in [1.82, 2.24) is 20.2 Å². The number of pyridine rings is 1. The molecule has 0 radical (unpaired) electrons. The van der Waals surface area contributed by atoms with Crippen molar-refractivity contribution in [1.29, 1.82) is 0 Å². The molecule has 0 aliphatic heterocycles. The minimum Gasteiger partial charge on any atom is -0.465 e. The first-order chi connectivity index (χ1) is 13.2. The lowest BCUT2D eigenvalue weighted by Gasteiger charge is -2.17. The van der Waals surface area contributed by atoms with Crippen LogP contribution in [0, 0.1) is 0 Å². The summed E-state index contributed by atoms with van der Waals surface area (Å²) < 4.78 is 4.81. The molecule has 1 aromatic carbocycles. The topological polar surface area (TPSA) is 93.1 Å². The van der Waals surface area contributed by atoms with Crippen LogP contribution in [0.3, 0.4) is 0 Å². The molecule has 3 rings (SSSR count). The molecule has 138 valence electrons. The average molecular weight is 364 g/mol. The number of hydrogen-bond donors (Lipinski definition) is 1. The second-order valence-electron chi connectivity index (χ2n) is 5.83. The number of carbonyl (C=O) groups excluding carboxylic acids is 1. The minimum atomic E-state index is -0.421. The standard InChI is InChI=1S/C19H20N6O2/c1-25(12-9-14-7-10-20-11-8-14)19-23-17(13-21-24-19)22-16-6-4-3-5-15(16)18(26)27-2/h3-8,10-11,13H,9,12H2,1-2H3,(H,22,23,24). The summed E-state index contributed by atoms with van der Waals surface area (Å²) in [7, 11) is 3.26. The summed E-state index contributed by atoms with van der Waals surface area (Å²) in [6.07, 6.45) is 5.90. The number of carbonyl (C=O) groups is 1. The van der Waals surface area contributed by atoms with Gasteiger partial charge in [0.2, 0.25) is 5.95 Å². The number of likely N-dealkylation sites (N-methyl/N-ethyl adjacent to an activating group) is 1. The van der Waals surface area contributed by atoms with Crippen LogP contribution in [0.5, 0.6) is 0 Å². The van der Waals surface area contributed by atoms with Gasteiger partial charge in [-0.25, -0.2) is 4.79 Å². The summed E-state index contributed by atoms with van der Waals surface area (Å²) in [6, 6.07) is 11.0. The Labute approximate surface area is 157 Å². The second-order valence-corrected chi connectivity index (χ2v) is 5.83. The van der Waals surface area contributed by atoms with Gasteiger partial charge < -0.3 is 15.0 Å². The molecule has 0 spiro atoms. The van der Waals surface area contributed by atoms with Crippen LogP contribution >= 0.6 is 0 Å². The first-order valence-electron chi connectivity index (χ1n) is 8.41. The molecule has 1 N–H and O–H groups in total. The number of ether oxygens (including phenoxy) is 1. The first-order valence-corrected chi connectivity index (χ1v) is 8.41. The van der Waals surface area contributed by atoms with Gasteiger partial charge in [-0.15, -0.1) is 5.10 Å². The highest BCUT2D eigenvalue weighted by molar-refractivity contribution is 5.96. The average Bonchev–Trinajstić information content (AvgIpc) is 2.73. The number of nitrogens with zero attached hydrogens (tertiary/aromatic N) is 5. The largest absolute Gasteiger partial charge is 0.465 e. The van der Waals surface area contributed by atoms with E-state index in [-0.39, 0.29) is 0 Å². The molecule has 3 aromatic rings. The van der Waals surface area contributed by atoms with Gasteiger partial charge in [-0.2, -0.15) is 10.1 Å². The number of aromatic nitrogens is 4. The smallest absolute Gasteiger partial charge is 0.339 e. The van der Waals surface area contributed by atoms with Crippen LogP contribution in [-0.4, -0.2) is 46.8 Å². The zero-order valence-corrected chi connectivity index (χ0v) is 15.2. The molecule has 27 heavy (non-hydrogen) atoms. The van der Waals surface area contributed by atoms with E-state index < -0.39 is 5.97 Å². The molecule has 2 aromatic heterocycles. The fourth-order valence-corrected chi connectivity index (χ4v) is 2.48. The highest BCUT2D eigenvalue weighted by atomic mass is 16.5. The molecule has 0 saturated carbocycles. The van der Waals surface area contributed by atoms with Gasteiger partial charge in [-0.1, -0.05) is 12.1 Å². The number of rotatable bonds is 7. The summed E-state index contributed by atoms with van der Waals surface area (Å²) in [5, 5.41) is 11.2. The Morgan fingerprint density at radius 2 is 1.96 bits per heavy atom. The Bertz CT molecular complexity index is 903. The molecule has 0 aliphatic rings. The number of benzene rings is 1. The summed E-state index contributed by atoms with van der Waals surface area (Å²) in [5.41, 5.74) is 2.20. The first kappa shape index (κ1) is 18.2. The molecule has 0 unspecified atom stereocenters. The van der Waals surface area contributed by atoms with Crippen LogP contribution in [-0.2, 0) is 11.2 Å². The van der Waals surface area contributed by atoms with Crippen molar-refractivity contribution >= 4 is 23.4 Å². The third-order valence-corrected chi connectivity index (χ3v) is 3.97. The zero-order valence-electron chi connectivity index (χ0n) is 15.2. The van der Waals surface area contributed by atoms with Crippen LogP contribution in [0.2, 0.25) is 0 Å². The number of methoxy groups -OCH3 is 1. The van der Waals surface area contributed by atoms with Gasteiger partial charge in [0, 0.05) is 26.0 Å². The van der Waals surface area contributed by atoms with Crippen LogP contribution in [0.15, 0.2) is 55.0 Å². The minimum absolute atomic E-state index is 0.421. The van der Waals surface area contributed by atoms with Crippen molar-refractivity contribution in [2.75, 3.05) is 30.9 Å². The van der Waals surface area contributed by atoms with Crippen LogP contribution in [0.4, 0.5) is 17.5 Å². The lowest BCUT2D eigenvalue weighted by molar-refractivity contribution is 0.0602. The van der Waals surface area contributed by atoms with E-state index in [9.17, 15) is 4.79 Å². The summed E-state index contributed by atoms with van der Waals surface area (Å²) >= 11 is 0. The Morgan fingerprint density at radius 1 is 1.19 bits per heavy atom. The number of hydrogen-bond acceptors (Lipinski definition) is 8. The lowest BCUT2D eigenvalue weighted by atomic mass is 10.2. The molecule has 2 heterocycles. The second kappa shape index (κ2) is 8.70. The van der Waals surface area contributed by atoms with E-state index in [1.54, 1.807) is 30.6 Å². The van der Waals surface area contributed by atoms with Gasteiger partial charge in [-0.05, 0) is 36.2 Å². The van der Waals surface area contributed by atoms with E-state index in [4.69, 9.17) is 4.74 Å². The van der Waals surface area contributed by atoms with Crippen molar-refractivity contribution in [3.05, 3.63) is 66.1 Å². The Hall–Kier alpha value is -3.55. The molecule has 0 saturated heterocycles. The highest BCUT2D eigenvalue weighted by Gasteiger charge is 2.13. The normalized spacial score (nSPS) is 10.3. The Kier molecular flexibility index (Phi) is 5.88. The zero-order chi connectivity index (χ0) is 19.1. The van der Waals surface area contributed by atoms with E-state index in [1.165, 1.54) is 18.9 Å². The maximum absolute atomic E-state index is 11.9. The highest BCUT2D eigenvalue weighted by Crippen LogP contribution is 2.20. The predicted molar refractivity (Wildman–Crippen MR) is 102 cm³/mol. The molecule has 8 nitrogen and oxygen atoms in total. The van der Waals surface area contributed by atoms with Gasteiger partial charge in [0.25, 0.3) is 0 Å². The predicted octanol–water partition coefficient (Wildman–Crippen LogP) is 2.48. The van der Waals surface area contributed by atoms with E-state index in [0.29, 0.717) is 23.0 Å². The van der Waals surface area contributed by atoms with Gasteiger partial charge in [0.15, 0.2) is 5.82 Å². The molecular weight excluding hydrogens is 344 g/mol. The monoisotopic (exact) mass is 364 g/mol. The van der Waals surface area contributed by atoms with Crippen molar-refractivity contribution in [3.63, 3.8) is 0 Å². The maximum Gasteiger partial charge on any atom is 0.339 e. The van der Waals surface area contributed by atoms with Crippen molar-refractivity contribution in [2.24, 2.45) is 0 Å². The third-order valence-electron chi connectivity index (χ3n) is 3.97. The molecule has 0 atom stereocenters. The van der Waals surface area contributed by atoms with E-state index in [1.807, 2.05) is 30.1 Å². The van der Waals surface area contributed by atoms with Crippen molar-refractivity contribution in [2.45, 2.75) is 6.42 Å². The molecule has 0 aliphatic carbocycles. The van der Waals surface area contributed by atoms with E-state index in [0.717, 1.165) is 13.0 Å². The third kappa shape index (κ3) is 4.75. The van der Waals surface area contributed by atoms with Gasteiger partial charge >= 0.3 is 5.97 Å². The van der Waals surface area contributed by atoms with Gasteiger partial charge in [0.1, 0.15) is 0 Å². The van der Waals surface area contributed by atoms with Crippen molar-refractivity contribution < 1.29 is 9.53 Å². The number of nitrogens with one attached hydrogen (secondary N) is 1. The van der Waals surface area contributed by atoms with E-state index >= 15 is 0 Å². The van der Waals surface area contributed by atoms with Gasteiger partial charge in [-0.3, -0.25) is 4.98 Å². The lowest BCUT2D eigenvalue weighted by Crippen LogP contribution is -2.23. The molecular formula is C19H20N6O2. The number of para-hydroxylation sites is 1. The maximum atomic E-state index is 11.9. The number of esters is 1. The summed E-state index contributed by atoms with van der Waals surface area (Å²) in [5.74, 6) is 0.562. The molecule has 8 heteroatoms. The fraction of sp³-hybridized carbons (Fsp3) is 0.211. The Morgan fingerprint density at radius 3 is 2.74 bits per heavy atom. The van der Waals surface area contributed by atoms with Gasteiger partial charge in [0.05, 0.1) is 24.6 Å². The molecule has 0 amide bonds. The van der Waals surface area contributed by atoms with Crippen LogP contribution in [0.1, 0.15) is 15.9 Å². The molecule has 0 bridgehead atoms. The SMILES string of the molecule is COC(=O)c1ccccc1Nc1cnnc(N(C)CCc2ccncc2)n1. The van der Waals surface area contributed by atoms with E-state index in [2.05, 4.69) is 25.5 Å². The van der Waals surface area contributed by atoms with Crippen LogP contribution in [0.25, 0.3) is 0 Å².